The molecule has 1 aromatic heterocycles. The molecule has 10 heteroatoms. The number of nitro groups is 1. The standard InChI is InChI=1S/C14H6Br2N2O4S2/c15-10-5-9(22-12(10)16)6-11-13(19)17(14(23)24-11)7-1-3-8(4-2-7)18(20)21/h1-6H/b11-6+. The Morgan fingerprint density at radius 3 is 2.50 bits per heavy atom. The van der Waals surface area contributed by atoms with Crippen molar-refractivity contribution in [3.05, 3.63) is 60.3 Å². The zero-order valence-corrected chi connectivity index (χ0v) is 16.4. The van der Waals surface area contributed by atoms with Crippen LogP contribution in [0.1, 0.15) is 5.76 Å². The molecular formula is C14H6Br2N2O4S2. The molecule has 1 aliphatic rings. The van der Waals surface area contributed by atoms with Crippen LogP contribution in [0.25, 0.3) is 6.08 Å². The lowest BCUT2D eigenvalue weighted by molar-refractivity contribution is -0.384. The van der Waals surface area contributed by atoms with Crippen molar-refractivity contribution in [2.45, 2.75) is 0 Å². The monoisotopic (exact) mass is 488 g/mol. The third-order valence-corrected chi connectivity index (χ3v) is 6.06. The number of carbonyl (C=O) groups excluding carboxylic acids is 1. The number of rotatable bonds is 3. The number of nitro benzene ring substituents is 1. The summed E-state index contributed by atoms with van der Waals surface area (Å²) >= 11 is 12.9. The van der Waals surface area contributed by atoms with E-state index < -0.39 is 4.92 Å². The molecule has 1 saturated heterocycles. The highest BCUT2D eigenvalue weighted by Crippen LogP contribution is 2.37. The molecule has 0 spiro atoms. The largest absolute Gasteiger partial charge is 0.449 e. The second kappa shape index (κ2) is 6.79. The first-order chi connectivity index (χ1) is 11.4. The van der Waals surface area contributed by atoms with Gasteiger partial charge in [0.15, 0.2) is 8.99 Å². The zero-order valence-electron chi connectivity index (χ0n) is 11.6. The molecule has 3 rings (SSSR count). The Morgan fingerprint density at radius 2 is 1.96 bits per heavy atom. The van der Waals surface area contributed by atoms with Gasteiger partial charge < -0.3 is 4.42 Å². The van der Waals surface area contributed by atoms with E-state index in [1.54, 1.807) is 12.1 Å². The van der Waals surface area contributed by atoms with E-state index in [1.165, 1.54) is 29.2 Å². The number of amides is 1. The summed E-state index contributed by atoms with van der Waals surface area (Å²) in [6.45, 7) is 0. The number of hydrogen-bond acceptors (Lipinski definition) is 6. The quantitative estimate of drug-likeness (QED) is 0.258. The normalized spacial score (nSPS) is 16.2. The average Bonchev–Trinajstić information content (AvgIpc) is 2.99. The van der Waals surface area contributed by atoms with Crippen molar-refractivity contribution in [2.24, 2.45) is 0 Å². The number of carbonyl (C=O) groups is 1. The molecule has 24 heavy (non-hydrogen) atoms. The molecule has 6 nitrogen and oxygen atoms in total. The minimum atomic E-state index is -0.499. The molecule has 2 heterocycles. The van der Waals surface area contributed by atoms with Gasteiger partial charge in [-0.05, 0) is 50.1 Å². The molecule has 0 aliphatic carbocycles. The van der Waals surface area contributed by atoms with Crippen LogP contribution in [0.3, 0.4) is 0 Å². The smallest absolute Gasteiger partial charge is 0.270 e. The molecule has 0 bridgehead atoms. The van der Waals surface area contributed by atoms with Gasteiger partial charge in [0.2, 0.25) is 0 Å². The van der Waals surface area contributed by atoms with Gasteiger partial charge in [0.05, 0.1) is 20.0 Å². The maximum atomic E-state index is 12.6. The highest BCUT2D eigenvalue weighted by atomic mass is 79.9. The Kier molecular flexibility index (Phi) is 4.90. The molecule has 0 radical (unpaired) electrons. The summed E-state index contributed by atoms with van der Waals surface area (Å²) in [6.07, 6.45) is 1.60. The number of hydrogen-bond donors (Lipinski definition) is 0. The first-order valence-corrected chi connectivity index (χ1v) is 9.15. The molecular weight excluding hydrogens is 484 g/mol. The van der Waals surface area contributed by atoms with E-state index in [1.807, 2.05) is 0 Å². The van der Waals surface area contributed by atoms with Gasteiger partial charge in [-0.15, -0.1) is 0 Å². The summed E-state index contributed by atoms with van der Waals surface area (Å²) in [5.74, 6) is 0.195. The second-order valence-electron chi connectivity index (χ2n) is 4.56. The van der Waals surface area contributed by atoms with Gasteiger partial charge in [-0.2, -0.15) is 0 Å². The number of nitrogens with zero attached hydrogens (tertiary/aromatic N) is 2. The van der Waals surface area contributed by atoms with Gasteiger partial charge in [0, 0.05) is 18.2 Å². The summed E-state index contributed by atoms with van der Waals surface area (Å²) in [5.41, 5.74) is 0.429. The van der Waals surface area contributed by atoms with E-state index in [2.05, 4.69) is 31.9 Å². The molecule has 0 N–H and O–H groups in total. The van der Waals surface area contributed by atoms with E-state index in [0.717, 1.165) is 16.2 Å². The van der Waals surface area contributed by atoms with Crippen molar-refractivity contribution < 1.29 is 14.1 Å². The van der Waals surface area contributed by atoms with Crippen molar-refractivity contribution in [3.8, 4) is 0 Å². The van der Waals surface area contributed by atoms with E-state index in [4.69, 9.17) is 16.6 Å². The number of thioether (sulfide) groups is 1. The molecule has 1 aromatic carbocycles. The molecule has 1 aliphatic heterocycles. The van der Waals surface area contributed by atoms with Gasteiger partial charge in [-0.25, -0.2) is 0 Å². The summed E-state index contributed by atoms with van der Waals surface area (Å²) < 4.78 is 7.05. The molecule has 1 amide bonds. The van der Waals surface area contributed by atoms with E-state index >= 15 is 0 Å². The number of non-ortho nitro benzene ring substituents is 1. The van der Waals surface area contributed by atoms with Crippen LogP contribution < -0.4 is 4.90 Å². The summed E-state index contributed by atoms with van der Waals surface area (Å²) in [6, 6.07) is 7.37. The lowest BCUT2D eigenvalue weighted by Gasteiger charge is -2.13. The molecule has 0 atom stereocenters. The highest BCUT2D eigenvalue weighted by Gasteiger charge is 2.33. The van der Waals surface area contributed by atoms with Gasteiger partial charge in [0.25, 0.3) is 11.6 Å². The Hall–Kier alpha value is -1.49. The van der Waals surface area contributed by atoms with Crippen molar-refractivity contribution in [1.82, 2.24) is 0 Å². The zero-order chi connectivity index (χ0) is 17.4. The van der Waals surface area contributed by atoms with Gasteiger partial charge >= 0.3 is 0 Å². The first kappa shape index (κ1) is 17.3. The second-order valence-corrected chi connectivity index (χ2v) is 7.81. The number of anilines is 1. The topological polar surface area (TPSA) is 76.6 Å². The van der Waals surface area contributed by atoms with Crippen molar-refractivity contribution in [1.29, 1.82) is 0 Å². The van der Waals surface area contributed by atoms with E-state index in [0.29, 0.717) is 25.3 Å². The maximum Gasteiger partial charge on any atom is 0.270 e. The Morgan fingerprint density at radius 1 is 1.29 bits per heavy atom. The van der Waals surface area contributed by atoms with Crippen molar-refractivity contribution in [2.75, 3.05) is 4.90 Å². The van der Waals surface area contributed by atoms with E-state index in [9.17, 15) is 14.9 Å². The van der Waals surface area contributed by atoms with Gasteiger partial charge in [0.1, 0.15) is 5.76 Å². The molecule has 2 aromatic rings. The molecule has 0 unspecified atom stereocenters. The van der Waals surface area contributed by atoms with Crippen LogP contribution in [-0.2, 0) is 4.79 Å². The van der Waals surface area contributed by atoms with Crippen LogP contribution in [0.2, 0.25) is 0 Å². The van der Waals surface area contributed by atoms with Crippen molar-refractivity contribution >= 4 is 83.5 Å². The van der Waals surface area contributed by atoms with Crippen LogP contribution in [0.4, 0.5) is 11.4 Å². The minimum Gasteiger partial charge on any atom is -0.449 e. The fourth-order valence-corrected chi connectivity index (χ4v) is 3.86. The number of furan rings is 1. The fourth-order valence-electron chi connectivity index (χ4n) is 1.98. The lowest BCUT2D eigenvalue weighted by Crippen LogP contribution is -2.27. The number of thiocarbonyl (C=S) groups is 1. The third-order valence-electron chi connectivity index (χ3n) is 3.05. The number of benzene rings is 1. The Bertz CT molecular complexity index is 873. The summed E-state index contributed by atoms with van der Waals surface area (Å²) in [5, 5.41) is 10.7. The van der Waals surface area contributed by atoms with Crippen LogP contribution in [0, 0.1) is 10.1 Å². The SMILES string of the molecule is O=C1/C(=C\c2cc(Br)c(Br)o2)SC(=S)N1c1ccc([N+](=O)[O-])cc1. The predicted molar refractivity (Wildman–Crippen MR) is 103 cm³/mol. The molecule has 122 valence electrons. The average molecular weight is 490 g/mol. The van der Waals surface area contributed by atoms with E-state index in [-0.39, 0.29) is 11.6 Å². The molecule has 1 fully saturated rings. The lowest BCUT2D eigenvalue weighted by atomic mass is 10.2. The highest BCUT2D eigenvalue weighted by molar-refractivity contribution is 9.13. The number of halogens is 2. The summed E-state index contributed by atoms with van der Waals surface area (Å²) in [7, 11) is 0. The summed E-state index contributed by atoms with van der Waals surface area (Å²) in [4.78, 5) is 24.5. The minimum absolute atomic E-state index is 0.0509. The first-order valence-electron chi connectivity index (χ1n) is 6.34. The Balaban J connectivity index is 1.90. The Labute approximate surface area is 162 Å². The van der Waals surface area contributed by atoms with Gasteiger partial charge in [-0.1, -0.05) is 24.0 Å². The third kappa shape index (κ3) is 3.32. The fraction of sp³-hybridized carbons (Fsp3) is 0. The van der Waals surface area contributed by atoms with Crippen LogP contribution in [-0.4, -0.2) is 15.2 Å². The van der Waals surface area contributed by atoms with Crippen LogP contribution in [0.5, 0.6) is 0 Å². The van der Waals surface area contributed by atoms with Crippen molar-refractivity contribution in [3.63, 3.8) is 0 Å². The maximum absolute atomic E-state index is 12.6. The van der Waals surface area contributed by atoms with Gasteiger partial charge in [-0.3, -0.25) is 19.8 Å². The van der Waals surface area contributed by atoms with Crippen LogP contribution in [0.15, 0.2) is 48.8 Å². The van der Waals surface area contributed by atoms with Crippen LogP contribution >= 0.6 is 55.8 Å². The molecule has 0 saturated carbocycles. The predicted octanol–water partition coefficient (Wildman–Crippen LogP) is 5.12.